The summed E-state index contributed by atoms with van der Waals surface area (Å²) in [7, 11) is 3.92. The van der Waals surface area contributed by atoms with Gasteiger partial charge in [0, 0.05) is 51.5 Å². The van der Waals surface area contributed by atoms with Crippen LogP contribution in [0, 0.1) is 11.6 Å². The summed E-state index contributed by atoms with van der Waals surface area (Å²) in [4.78, 5) is 34.4. The summed E-state index contributed by atoms with van der Waals surface area (Å²) >= 11 is 0. The highest BCUT2D eigenvalue weighted by Crippen LogP contribution is 2.33. The van der Waals surface area contributed by atoms with Crippen molar-refractivity contribution < 1.29 is 23.0 Å². The smallest absolute Gasteiger partial charge is 0.410 e. The van der Waals surface area contributed by atoms with E-state index in [0.717, 1.165) is 12.8 Å². The van der Waals surface area contributed by atoms with Gasteiger partial charge < -0.3 is 29.1 Å². The number of fused-ring (bicyclic) bond motifs is 1. The van der Waals surface area contributed by atoms with Crippen molar-refractivity contribution in [2.75, 3.05) is 76.4 Å². The largest absolute Gasteiger partial charge is 0.444 e. The lowest BCUT2D eigenvalue weighted by Crippen LogP contribution is -2.52. The van der Waals surface area contributed by atoms with Gasteiger partial charge in [-0.05, 0) is 59.8 Å². The first-order valence-electron chi connectivity index (χ1n) is 14.4. The number of carbonyl (C=O) groups is 1. The van der Waals surface area contributed by atoms with Gasteiger partial charge in [-0.25, -0.2) is 24.1 Å². The number of hydrogen-bond donors (Lipinski definition) is 0. The third kappa shape index (κ3) is 6.73. The zero-order valence-electron chi connectivity index (χ0n) is 25.0. The molecule has 2 saturated heterocycles. The zero-order chi connectivity index (χ0) is 30.0. The van der Waals surface area contributed by atoms with E-state index in [1.807, 2.05) is 49.6 Å². The van der Waals surface area contributed by atoms with Crippen LogP contribution in [-0.4, -0.2) is 113 Å². The zero-order valence-corrected chi connectivity index (χ0v) is 25.0. The lowest BCUT2D eigenvalue weighted by molar-refractivity contribution is 0.0197. The van der Waals surface area contributed by atoms with Crippen LogP contribution in [-0.2, 0) is 9.47 Å². The number of anilines is 2. The van der Waals surface area contributed by atoms with Gasteiger partial charge in [0.25, 0.3) is 0 Å². The Labute approximate surface area is 245 Å². The van der Waals surface area contributed by atoms with E-state index in [2.05, 4.69) is 9.97 Å². The number of carbonyl (C=O) groups excluding carboxylic acids is 1. The predicted octanol–water partition coefficient (Wildman–Crippen LogP) is 3.67. The summed E-state index contributed by atoms with van der Waals surface area (Å²) in [6.07, 6.45) is 4.00. The molecule has 11 nitrogen and oxygen atoms in total. The van der Waals surface area contributed by atoms with E-state index in [4.69, 9.17) is 14.5 Å². The minimum absolute atomic E-state index is 0.144. The molecule has 5 rings (SSSR count). The predicted molar refractivity (Wildman–Crippen MR) is 156 cm³/mol. The van der Waals surface area contributed by atoms with Crippen molar-refractivity contribution in [3.8, 4) is 11.5 Å². The van der Waals surface area contributed by atoms with Gasteiger partial charge in [-0.3, -0.25) is 4.40 Å². The molecule has 0 radical (unpaired) electrons. The van der Waals surface area contributed by atoms with E-state index >= 15 is 4.39 Å². The molecule has 2 aliphatic rings. The van der Waals surface area contributed by atoms with Gasteiger partial charge in [0.2, 0.25) is 5.82 Å². The van der Waals surface area contributed by atoms with Crippen molar-refractivity contribution in [3.05, 3.63) is 36.2 Å². The number of amides is 1. The van der Waals surface area contributed by atoms with Crippen molar-refractivity contribution in [3.63, 3.8) is 0 Å². The number of aromatic nitrogens is 4. The molecule has 2 aliphatic heterocycles. The molecule has 0 unspecified atom stereocenters. The number of likely N-dealkylation sites (N-methyl/N-ethyl adjacent to an activating group) is 1. The first kappa shape index (κ1) is 29.9. The molecule has 42 heavy (non-hydrogen) atoms. The maximum Gasteiger partial charge on any atom is 0.410 e. The number of morpholine rings is 1. The van der Waals surface area contributed by atoms with Gasteiger partial charge in [-0.15, -0.1) is 0 Å². The summed E-state index contributed by atoms with van der Waals surface area (Å²) in [5.41, 5.74) is 0.355. The topological polar surface area (TPSA) is 91.6 Å². The number of rotatable bonds is 7. The quantitative estimate of drug-likeness (QED) is 0.411. The van der Waals surface area contributed by atoms with Gasteiger partial charge in [0.1, 0.15) is 22.8 Å². The number of imidazole rings is 1. The monoisotopic (exact) mass is 586 g/mol. The Hall–Kier alpha value is -3.58. The summed E-state index contributed by atoms with van der Waals surface area (Å²) < 4.78 is 43.6. The first-order chi connectivity index (χ1) is 20.0. The molecule has 3 aromatic heterocycles. The number of ether oxygens (including phenoxy) is 2. The van der Waals surface area contributed by atoms with Crippen molar-refractivity contribution >= 4 is 23.4 Å². The fraction of sp³-hybridized carbons (Fsp3) is 0.586. The molecule has 0 aliphatic carbocycles. The molecule has 0 N–H and O–H groups in total. The van der Waals surface area contributed by atoms with Gasteiger partial charge in [0.15, 0.2) is 17.5 Å². The average Bonchev–Trinajstić information content (AvgIpc) is 3.36. The van der Waals surface area contributed by atoms with Crippen LogP contribution in [0.2, 0.25) is 0 Å². The fourth-order valence-electron chi connectivity index (χ4n) is 5.30. The summed E-state index contributed by atoms with van der Waals surface area (Å²) in [6, 6.07) is 2.70. The summed E-state index contributed by atoms with van der Waals surface area (Å²) in [5, 5.41) is 0. The van der Waals surface area contributed by atoms with E-state index in [1.165, 1.54) is 12.3 Å². The maximum absolute atomic E-state index is 16.6. The van der Waals surface area contributed by atoms with Crippen LogP contribution in [0.15, 0.2) is 24.5 Å². The van der Waals surface area contributed by atoms with Crippen LogP contribution >= 0.6 is 0 Å². The molecule has 3 aromatic rings. The summed E-state index contributed by atoms with van der Waals surface area (Å²) in [6.45, 7) is 9.41. The Morgan fingerprint density at radius 1 is 1.12 bits per heavy atom. The molecule has 1 amide bonds. The second-order valence-corrected chi connectivity index (χ2v) is 12.0. The molecular formula is C29H40F2N8O3. The molecule has 13 heteroatoms. The lowest BCUT2D eigenvalue weighted by Gasteiger charge is -2.41. The third-order valence-electron chi connectivity index (χ3n) is 7.37. The number of nitrogens with zero attached hydrogens (tertiary/aromatic N) is 8. The Balaban J connectivity index is 1.59. The second kappa shape index (κ2) is 12.3. The number of piperidine rings is 1. The van der Waals surface area contributed by atoms with Crippen LogP contribution in [0.25, 0.3) is 17.2 Å². The molecule has 0 bridgehead atoms. The van der Waals surface area contributed by atoms with Crippen LogP contribution in [0.4, 0.5) is 25.2 Å². The van der Waals surface area contributed by atoms with Gasteiger partial charge in [0.05, 0.1) is 19.4 Å². The van der Waals surface area contributed by atoms with E-state index < -0.39 is 17.2 Å². The number of hydrogen-bond acceptors (Lipinski definition) is 9. The standard InChI is InChI=1S/C29H40F2N8O3/c1-29(2,3)42-28(40)37-10-6-7-21(19-37)38(12-11-35(4)5)27-24(31)26(36-13-15-41-16-14-36)33-25(34-27)22-17-32-23-9-8-20(30)18-39(22)23/h8-9,17-18,21H,6-7,10-16,19H2,1-5H3/t21-/m1/s1. The van der Waals surface area contributed by atoms with E-state index in [0.29, 0.717) is 63.8 Å². The lowest BCUT2D eigenvalue weighted by atomic mass is 10.0. The van der Waals surface area contributed by atoms with Gasteiger partial charge >= 0.3 is 6.09 Å². The van der Waals surface area contributed by atoms with Gasteiger partial charge in [-0.2, -0.15) is 4.39 Å². The minimum atomic E-state index is -0.622. The Kier molecular flexibility index (Phi) is 8.78. The number of pyridine rings is 1. The molecule has 0 spiro atoms. The van der Waals surface area contributed by atoms with Crippen molar-refractivity contribution in [1.29, 1.82) is 0 Å². The number of likely N-dealkylation sites (tertiary alicyclic amines) is 1. The SMILES string of the molecule is CN(C)CCN(c1nc(-c2cnc3ccc(F)cn23)nc(N2CCOCC2)c1F)[C@@H]1CCCN(C(=O)OC(C)(C)C)C1. The Bertz CT molecular complexity index is 1400. The van der Waals surface area contributed by atoms with Crippen LogP contribution in [0.5, 0.6) is 0 Å². The molecule has 5 heterocycles. The molecule has 0 saturated carbocycles. The molecule has 2 fully saturated rings. The van der Waals surface area contributed by atoms with Crippen LogP contribution < -0.4 is 9.80 Å². The Morgan fingerprint density at radius 3 is 2.60 bits per heavy atom. The van der Waals surface area contributed by atoms with Crippen LogP contribution in [0.3, 0.4) is 0 Å². The highest BCUT2D eigenvalue weighted by atomic mass is 19.1. The highest BCUT2D eigenvalue weighted by Gasteiger charge is 2.34. The first-order valence-corrected chi connectivity index (χ1v) is 14.4. The van der Waals surface area contributed by atoms with Gasteiger partial charge in [-0.1, -0.05) is 0 Å². The summed E-state index contributed by atoms with van der Waals surface area (Å²) in [5.74, 6) is -0.422. The molecule has 228 valence electrons. The van der Waals surface area contributed by atoms with Crippen molar-refractivity contribution in [2.45, 2.75) is 45.3 Å². The second-order valence-electron chi connectivity index (χ2n) is 12.0. The van der Waals surface area contributed by atoms with E-state index in [9.17, 15) is 9.18 Å². The highest BCUT2D eigenvalue weighted by molar-refractivity contribution is 5.69. The fourth-order valence-corrected chi connectivity index (χ4v) is 5.30. The molecule has 0 aromatic carbocycles. The van der Waals surface area contributed by atoms with Crippen molar-refractivity contribution in [1.82, 2.24) is 29.2 Å². The molecule has 1 atom stereocenters. The minimum Gasteiger partial charge on any atom is -0.444 e. The normalized spacial score (nSPS) is 18.1. The Morgan fingerprint density at radius 2 is 1.88 bits per heavy atom. The van der Waals surface area contributed by atoms with Crippen LogP contribution in [0.1, 0.15) is 33.6 Å². The van der Waals surface area contributed by atoms with E-state index in [1.54, 1.807) is 21.6 Å². The maximum atomic E-state index is 16.6. The third-order valence-corrected chi connectivity index (χ3v) is 7.37. The van der Waals surface area contributed by atoms with E-state index in [-0.39, 0.29) is 29.6 Å². The molecular weight excluding hydrogens is 546 g/mol. The van der Waals surface area contributed by atoms with Crippen molar-refractivity contribution in [2.24, 2.45) is 0 Å². The average molecular weight is 587 g/mol. The number of halogens is 2.